The van der Waals surface area contributed by atoms with Gasteiger partial charge >= 0.3 is 5.97 Å². The molecule has 2 aromatic rings. The lowest BCUT2D eigenvalue weighted by Crippen LogP contribution is -2.12. The zero-order valence-electron chi connectivity index (χ0n) is 12.2. The van der Waals surface area contributed by atoms with Crippen LogP contribution in [0.3, 0.4) is 0 Å². The number of alkyl halides is 1. The smallest absolute Gasteiger partial charge is 0.308 e. The number of carbonyl (C=O) groups excluding carboxylic acids is 2. The standard InChI is InChI=1S/C17H15BrO3S/c1-11(18)16(20)14-9-6-10-15(21-12(2)19)17(14)22-13-7-4-3-5-8-13/h3-11H,1-2H3. The van der Waals surface area contributed by atoms with Crippen LogP contribution in [0.2, 0.25) is 0 Å². The largest absolute Gasteiger partial charge is 0.425 e. The molecule has 3 nitrogen and oxygen atoms in total. The average Bonchev–Trinajstić information content (AvgIpc) is 2.48. The van der Waals surface area contributed by atoms with Gasteiger partial charge in [0, 0.05) is 17.4 Å². The summed E-state index contributed by atoms with van der Waals surface area (Å²) in [6, 6.07) is 14.8. The number of Topliss-reactive ketones (excluding diaryl/α,β-unsaturated/α-hetero) is 1. The van der Waals surface area contributed by atoms with Crippen molar-refractivity contribution in [2.75, 3.05) is 0 Å². The Hall–Kier alpha value is -1.59. The second-order valence-electron chi connectivity index (χ2n) is 4.62. The zero-order chi connectivity index (χ0) is 16.1. The molecule has 0 radical (unpaired) electrons. The summed E-state index contributed by atoms with van der Waals surface area (Å²) < 4.78 is 5.26. The first-order valence-corrected chi connectivity index (χ1v) is 8.45. The number of benzene rings is 2. The Balaban J connectivity index is 2.49. The third-order valence-corrected chi connectivity index (χ3v) is 4.37. The molecule has 0 fully saturated rings. The fraction of sp³-hybridized carbons (Fsp3) is 0.176. The molecule has 22 heavy (non-hydrogen) atoms. The summed E-state index contributed by atoms with van der Waals surface area (Å²) in [4.78, 5) is 25.0. The van der Waals surface area contributed by atoms with Crippen molar-refractivity contribution in [3.63, 3.8) is 0 Å². The van der Waals surface area contributed by atoms with Crippen LogP contribution in [0.1, 0.15) is 24.2 Å². The molecule has 0 spiro atoms. The number of hydrogen-bond donors (Lipinski definition) is 0. The summed E-state index contributed by atoms with van der Waals surface area (Å²) in [5.74, 6) is -0.0563. The molecule has 0 amide bonds. The van der Waals surface area contributed by atoms with Crippen molar-refractivity contribution >= 4 is 39.4 Å². The van der Waals surface area contributed by atoms with Gasteiger partial charge < -0.3 is 4.74 Å². The molecule has 1 atom stereocenters. The van der Waals surface area contributed by atoms with E-state index in [1.807, 2.05) is 30.3 Å². The van der Waals surface area contributed by atoms with Gasteiger partial charge in [-0.1, -0.05) is 52.0 Å². The first-order chi connectivity index (χ1) is 10.5. The Labute approximate surface area is 142 Å². The molecule has 0 N–H and O–H groups in total. The van der Waals surface area contributed by atoms with Gasteiger partial charge in [-0.05, 0) is 31.2 Å². The Morgan fingerprint density at radius 1 is 1.09 bits per heavy atom. The van der Waals surface area contributed by atoms with E-state index in [-0.39, 0.29) is 10.6 Å². The second kappa shape index (κ2) is 7.61. The molecule has 0 bridgehead atoms. The van der Waals surface area contributed by atoms with E-state index in [1.165, 1.54) is 18.7 Å². The minimum Gasteiger partial charge on any atom is -0.425 e. The van der Waals surface area contributed by atoms with Gasteiger partial charge in [0.2, 0.25) is 0 Å². The highest BCUT2D eigenvalue weighted by atomic mass is 79.9. The third-order valence-electron chi connectivity index (χ3n) is 2.82. The highest BCUT2D eigenvalue weighted by Gasteiger charge is 2.20. The molecular formula is C17H15BrO3S. The highest BCUT2D eigenvalue weighted by molar-refractivity contribution is 9.10. The van der Waals surface area contributed by atoms with Gasteiger partial charge in [-0.25, -0.2) is 0 Å². The predicted octanol–water partition coefficient (Wildman–Crippen LogP) is 4.73. The molecule has 0 aliphatic carbocycles. The van der Waals surface area contributed by atoms with Crippen molar-refractivity contribution in [3.8, 4) is 5.75 Å². The number of rotatable bonds is 5. The first kappa shape index (κ1) is 16.8. The maximum absolute atomic E-state index is 12.4. The fourth-order valence-electron chi connectivity index (χ4n) is 1.87. The topological polar surface area (TPSA) is 43.4 Å². The number of hydrogen-bond acceptors (Lipinski definition) is 4. The zero-order valence-corrected chi connectivity index (χ0v) is 14.6. The van der Waals surface area contributed by atoms with Crippen molar-refractivity contribution < 1.29 is 14.3 Å². The number of carbonyl (C=O) groups is 2. The number of ketones is 1. The summed E-state index contributed by atoms with van der Waals surface area (Å²) in [5, 5.41) is 0. The van der Waals surface area contributed by atoms with Crippen molar-refractivity contribution in [1.82, 2.24) is 0 Å². The molecule has 0 aliphatic heterocycles. The Kier molecular flexibility index (Phi) is 5.80. The summed E-state index contributed by atoms with van der Waals surface area (Å²) in [5.41, 5.74) is 0.539. The lowest BCUT2D eigenvalue weighted by atomic mass is 10.1. The molecule has 0 heterocycles. The van der Waals surface area contributed by atoms with Crippen molar-refractivity contribution in [3.05, 3.63) is 54.1 Å². The monoisotopic (exact) mass is 378 g/mol. The van der Waals surface area contributed by atoms with E-state index in [0.717, 1.165) is 4.90 Å². The maximum atomic E-state index is 12.4. The average molecular weight is 379 g/mol. The number of ether oxygens (including phenoxy) is 1. The third kappa shape index (κ3) is 4.21. The normalized spacial score (nSPS) is 11.8. The Bertz CT molecular complexity index is 684. The maximum Gasteiger partial charge on any atom is 0.308 e. The van der Waals surface area contributed by atoms with E-state index in [4.69, 9.17) is 4.74 Å². The minimum atomic E-state index is -0.411. The molecule has 2 rings (SSSR count). The fourth-order valence-corrected chi connectivity index (χ4v) is 3.14. The Morgan fingerprint density at radius 3 is 2.36 bits per heavy atom. The van der Waals surface area contributed by atoms with Gasteiger partial charge in [0.15, 0.2) is 5.78 Å². The van der Waals surface area contributed by atoms with Crippen LogP contribution in [0.25, 0.3) is 0 Å². The van der Waals surface area contributed by atoms with Gasteiger partial charge in [0.05, 0.1) is 9.72 Å². The van der Waals surface area contributed by atoms with Gasteiger partial charge in [0.1, 0.15) is 5.75 Å². The lowest BCUT2D eigenvalue weighted by molar-refractivity contribution is -0.132. The van der Waals surface area contributed by atoms with Crippen LogP contribution < -0.4 is 4.74 Å². The van der Waals surface area contributed by atoms with E-state index in [1.54, 1.807) is 25.1 Å². The van der Waals surface area contributed by atoms with E-state index < -0.39 is 5.97 Å². The van der Waals surface area contributed by atoms with E-state index in [0.29, 0.717) is 16.2 Å². The van der Waals surface area contributed by atoms with E-state index in [9.17, 15) is 9.59 Å². The van der Waals surface area contributed by atoms with Gasteiger partial charge in [0.25, 0.3) is 0 Å². The van der Waals surface area contributed by atoms with Gasteiger partial charge in [-0.3, -0.25) is 9.59 Å². The molecule has 2 aromatic carbocycles. The quantitative estimate of drug-likeness (QED) is 0.326. The molecule has 0 aromatic heterocycles. The van der Waals surface area contributed by atoms with Crippen LogP contribution in [-0.4, -0.2) is 16.6 Å². The molecule has 1 unspecified atom stereocenters. The van der Waals surface area contributed by atoms with Crippen LogP contribution in [-0.2, 0) is 4.79 Å². The summed E-state index contributed by atoms with van der Waals surface area (Å²) in [6.07, 6.45) is 0. The predicted molar refractivity (Wildman–Crippen MR) is 91.0 cm³/mol. The molecule has 114 valence electrons. The molecule has 0 saturated carbocycles. The molecular weight excluding hydrogens is 364 g/mol. The number of esters is 1. The lowest BCUT2D eigenvalue weighted by Gasteiger charge is -2.14. The molecule has 5 heteroatoms. The van der Waals surface area contributed by atoms with E-state index >= 15 is 0 Å². The van der Waals surface area contributed by atoms with Crippen LogP contribution in [0.15, 0.2) is 58.3 Å². The summed E-state index contributed by atoms with van der Waals surface area (Å²) >= 11 is 4.71. The summed E-state index contributed by atoms with van der Waals surface area (Å²) in [7, 11) is 0. The van der Waals surface area contributed by atoms with Crippen LogP contribution in [0, 0.1) is 0 Å². The van der Waals surface area contributed by atoms with Gasteiger partial charge in [-0.2, -0.15) is 0 Å². The summed E-state index contributed by atoms with van der Waals surface area (Å²) in [6.45, 7) is 3.12. The van der Waals surface area contributed by atoms with E-state index in [2.05, 4.69) is 15.9 Å². The highest BCUT2D eigenvalue weighted by Crippen LogP contribution is 2.38. The molecule has 0 aliphatic rings. The van der Waals surface area contributed by atoms with Crippen LogP contribution in [0.4, 0.5) is 0 Å². The Morgan fingerprint density at radius 2 is 1.77 bits per heavy atom. The SMILES string of the molecule is CC(=O)Oc1cccc(C(=O)C(C)Br)c1Sc1ccccc1. The minimum absolute atomic E-state index is 0.0487. The van der Waals surface area contributed by atoms with Gasteiger partial charge in [-0.15, -0.1) is 0 Å². The molecule has 0 saturated heterocycles. The first-order valence-electron chi connectivity index (χ1n) is 6.71. The van der Waals surface area contributed by atoms with Crippen LogP contribution >= 0.6 is 27.7 Å². The van der Waals surface area contributed by atoms with Crippen molar-refractivity contribution in [2.45, 2.75) is 28.5 Å². The van der Waals surface area contributed by atoms with Crippen molar-refractivity contribution in [1.29, 1.82) is 0 Å². The second-order valence-corrected chi connectivity index (χ2v) is 7.08. The van der Waals surface area contributed by atoms with Crippen molar-refractivity contribution in [2.24, 2.45) is 0 Å². The van der Waals surface area contributed by atoms with Crippen LogP contribution in [0.5, 0.6) is 5.75 Å². The number of halogens is 1.